The Bertz CT molecular complexity index is 774. The number of aryl methyl sites for hydroxylation is 2. The van der Waals surface area contributed by atoms with Crippen molar-refractivity contribution in [1.82, 2.24) is 5.16 Å². The fraction of sp³-hybridized carbons (Fsp3) is 0.250. The van der Waals surface area contributed by atoms with Crippen LogP contribution in [-0.2, 0) is 16.0 Å². The summed E-state index contributed by atoms with van der Waals surface area (Å²) in [5.74, 6) is -0.795. The van der Waals surface area contributed by atoms with Crippen LogP contribution in [0, 0.1) is 18.3 Å². The summed E-state index contributed by atoms with van der Waals surface area (Å²) < 4.78 is 9.94. The van der Waals surface area contributed by atoms with E-state index in [-0.39, 0.29) is 5.56 Å². The Morgan fingerprint density at radius 3 is 2.91 bits per heavy atom. The third-order valence-corrected chi connectivity index (χ3v) is 3.08. The second-order valence-corrected chi connectivity index (χ2v) is 4.73. The molecule has 23 heavy (non-hydrogen) atoms. The molecule has 1 amide bonds. The molecule has 118 valence electrons. The fourth-order valence-electron chi connectivity index (χ4n) is 1.99. The number of nitriles is 1. The molecule has 7 heteroatoms. The summed E-state index contributed by atoms with van der Waals surface area (Å²) in [4.78, 5) is 23.8. The van der Waals surface area contributed by atoms with Gasteiger partial charge in [-0.25, -0.2) is 4.79 Å². The molecule has 1 aromatic carbocycles. The Hall–Kier alpha value is -3.14. The number of anilines is 1. The van der Waals surface area contributed by atoms with Gasteiger partial charge in [0.2, 0.25) is 0 Å². The zero-order valence-corrected chi connectivity index (χ0v) is 12.8. The summed E-state index contributed by atoms with van der Waals surface area (Å²) in [5, 5.41) is 15.1. The lowest BCUT2D eigenvalue weighted by Crippen LogP contribution is -2.21. The third-order valence-electron chi connectivity index (χ3n) is 3.08. The van der Waals surface area contributed by atoms with Crippen molar-refractivity contribution in [2.24, 2.45) is 0 Å². The lowest BCUT2D eigenvalue weighted by molar-refractivity contribution is -0.119. The first-order valence-corrected chi connectivity index (χ1v) is 6.97. The molecule has 0 aliphatic carbocycles. The molecule has 2 aromatic rings. The molecule has 0 atom stereocenters. The number of ether oxygens (including phenoxy) is 1. The van der Waals surface area contributed by atoms with E-state index in [1.165, 1.54) is 6.07 Å². The van der Waals surface area contributed by atoms with Crippen molar-refractivity contribution < 1.29 is 18.8 Å². The number of carbonyl (C=O) groups excluding carboxylic acids is 2. The summed E-state index contributed by atoms with van der Waals surface area (Å²) in [6.07, 6.45) is 0.523. The van der Waals surface area contributed by atoms with E-state index in [1.807, 2.05) is 13.0 Å². The van der Waals surface area contributed by atoms with E-state index in [0.29, 0.717) is 29.1 Å². The highest BCUT2D eigenvalue weighted by Crippen LogP contribution is 2.15. The number of nitrogens with zero attached hydrogens (tertiary/aromatic N) is 2. The van der Waals surface area contributed by atoms with Crippen LogP contribution in [0.2, 0.25) is 0 Å². The summed E-state index contributed by atoms with van der Waals surface area (Å²) >= 11 is 0. The van der Waals surface area contributed by atoms with E-state index in [1.54, 1.807) is 25.1 Å². The Balaban J connectivity index is 1.95. The molecule has 0 radical (unpaired) electrons. The van der Waals surface area contributed by atoms with Crippen LogP contribution in [0.1, 0.15) is 34.3 Å². The van der Waals surface area contributed by atoms with Gasteiger partial charge < -0.3 is 14.6 Å². The first-order chi connectivity index (χ1) is 11.0. The number of carbonyl (C=O) groups is 2. The van der Waals surface area contributed by atoms with Crippen molar-refractivity contribution >= 4 is 17.6 Å². The van der Waals surface area contributed by atoms with Gasteiger partial charge in [0.05, 0.1) is 17.3 Å². The Kier molecular flexibility index (Phi) is 5.10. The van der Waals surface area contributed by atoms with Crippen LogP contribution in [0.3, 0.4) is 0 Å². The predicted octanol–water partition coefficient (Wildman–Crippen LogP) is 2.21. The summed E-state index contributed by atoms with van der Waals surface area (Å²) in [6, 6.07) is 8.41. The van der Waals surface area contributed by atoms with Gasteiger partial charge in [0, 0.05) is 5.69 Å². The van der Waals surface area contributed by atoms with Gasteiger partial charge in [0.15, 0.2) is 6.61 Å². The van der Waals surface area contributed by atoms with Crippen LogP contribution >= 0.6 is 0 Å². The third kappa shape index (κ3) is 3.95. The van der Waals surface area contributed by atoms with Gasteiger partial charge >= 0.3 is 5.97 Å². The Morgan fingerprint density at radius 1 is 1.43 bits per heavy atom. The molecule has 2 rings (SSSR count). The molecule has 0 aliphatic heterocycles. The van der Waals surface area contributed by atoms with E-state index in [2.05, 4.69) is 10.5 Å². The number of benzene rings is 1. The van der Waals surface area contributed by atoms with Crippen LogP contribution in [0.4, 0.5) is 5.69 Å². The molecular weight excluding hydrogens is 298 g/mol. The first kappa shape index (κ1) is 16.2. The second kappa shape index (κ2) is 7.22. The molecule has 1 N–H and O–H groups in total. The number of amides is 1. The topological polar surface area (TPSA) is 105 Å². The fourth-order valence-corrected chi connectivity index (χ4v) is 1.99. The number of hydrogen-bond donors (Lipinski definition) is 1. The van der Waals surface area contributed by atoms with Crippen molar-refractivity contribution in [2.75, 3.05) is 11.9 Å². The number of rotatable bonds is 5. The van der Waals surface area contributed by atoms with Gasteiger partial charge in [0.1, 0.15) is 11.3 Å². The van der Waals surface area contributed by atoms with Gasteiger partial charge in [-0.3, -0.25) is 4.79 Å². The molecule has 0 spiro atoms. The standard InChI is InChI=1S/C16H15N3O4/c1-3-13-15(10(2)23-19-13)16(21)22-9-14(20)18-12-6-4-5-11(7-12)8-17/h4-7H,3,9H2,1-2H3,(H,18,20). The van der Waals surface area contributed by atoms with E-state index in [4.69, 9.17) is 14.5 Å². The zero-order valence-electron chi connectivity index (χ0n) is 12.8. The summed E-state index contributed by atoms with van der Waals surface area (Å²) in [6.45, 7) is 3.00. The molecule has 0 unspecified atom stereocenters. The van der Waals surface area contributed by atoms with Crippen molar-refractivity contribution in [3.8, 4) is 6.07 Å². The van der Waals surface area contributed by atoms with Crippen LogP contribution in [0.5, 0.6) is 0 Å². The molecule has 1 aromatic heterocycles. The van der Waals surface area contributed by atoms with E-state index < -0.39 is 18.5 Å². The Morgan fingerprint density at radius 2 is 2.22 bits per heavy atom. The number of aromatic nitrogens is 1. The lowest BCUT2D eigenvalue weighted by atomic mass is 10.1. The van der Waals surface area contributed by atoms with Gasteiger partial charge in [0.25, 0.3) is 5.91 Å². The van der Waals surface area contributed by atoms with Crippen LogP contribution < -0.4 is 5.32 Å². The smallest absolute Gasteiger partial charge is 0.344 e. The second-order valence-electron chi connectivity index (χ2n) is 4.73. The molecule has 1 heterocycles. The van der Waals surface area contributed by atoms with Gasteiger partial charge in [-0.05, 0) is 31.5 Å². The van der Waals surface area contributed by atoms with E-state index in [9.17, 15) is 9.59 Å². The quantitative estimate of drug-likeness (QED) is 0.848. The van der Waals surface area contributed by atoms with Gasteiger partial charge in [-0.2, -0.15) is 5.26 Å². The van der Waals surface area contributed by atoms with Gasteiger partial charge in [-0.1, -0.05) is 18.1 Å². The highest BCUT2D eigenvalue weighted by molar-refractivity contribution is 5.96. The molecule has 0 bridgehead atoms. The average molecular weight is 313 g/mol. The largest absolute Gasteiger partial charge is 0.452 e. The normalized spacial score (nSPS) is 9.96. The SMILES string of the molecule is CCc1noc(C)c1C(=O)OCC(=O)Nc1cccc(C#N)c1. The number of esters is 1. The van der Waals surface area contributed by atoms with E-state index in [0.717, 1.165) is 0 Å². The summed E-state index contributed by atoms with van der Waals surface area (Å²) in [5.41, 5.74) is 1.63. The molecule has 0 aliphatic rings. The highest BCUT2D eigenvalue weighted by atomic mass is 16.5. The molecule has 0 fully saturated rings. The minimum Gasteiger partial charge on any atom is -0.452 e. The lowest BCUT2D eigenvalue weighted by Gasteiger charge is -2.07. The van der Waals surface area contributed by atoms with Crippen molar-refractivity contribution in [1.29, 1.82) is 5.26 Å². The maximum Gasteiger partial charge on any atom is 0.344 e. The zero-order chi connectivity index (χ0) is 16.8. The molecule has 0 saturated heterocycles. The van der Waals surface area contributed by atoms with Crippen LogP contribution in [-0.4, -0.2) is 23.6 Å². The van der Waals surface area contributed by atoms with Crippen molar-refractivity contribution in [3.63, 3.8) is 0 Å². The minimum absolute atomic E-state index is 0.256. The highest BCUT2D eigenvalue weighted by Gasteiger charge is 2.21. The minimum atomic E-state index is -0.651. The average Bonchev–Trinajstić information content (AvgIpc) is 2.93. The molecule has 0 saturated carbocycles. The maximum atomic E-state index is 12.0. The molecular formula is C16H15N3O4. The van der Waals surface area contributed by atoms with Crippen molar-refractivity contribution in [2.45, 2.75) is 20.3 Å². The van der Waals surface area contributed by atoms with Crippen LogP contribution in [0.25, 0.3) is 0 Å². The van der Waals surface area contributed by atoms with Crippen LogP contribution in [0.15, 0.2) is 28.8 Å². The van der Waals surface area contributed by atoms with Crippen molar-refractivity contribution in [3.05, 3.63) is 46.8 Å². The number of nitrogens with one attached hydrogen (secondary N) is 1. The summed E-state index contributed by atoms with van der Waals surface area (Å²) in [7, 11) is 0. The Labute approximate surface area is 132 Å². The van der Waals surface area contributed by atoms with E-state index >= 15 is 0 Å². The van der Waals surface area contributed by atoms with Gasteiger partial charge in [-0.15, -0.1) is 0 Å². The maximum absolute atomic E-state index is 12.0. The first-order valence-electron chi connectivity index (χ1n) is 6.97. The number of hydrogen-bond acceptors (Lipinski definition) is 6. The predicted molar refractivity (Wildman–Crippen MR) is 80.7 cm³/mol. The monoisotopic (exact) mass is 313 g/mol. The molecule has 7 nitrogen and oxygen atoms in total.